The third-order valence-corrected chi connectivity index (χ3v) is 7.11. The van der Waals surface area contributed by atoms with Crippen LogP contribution < -0.4 is 0 Å². The summed E-state index contributed by atoms with van der Waals surface area (Å²) in [6.07, 6.45) is 22.5. The SMILES string of the molecule is CCCCCCC1CCC([C@H]2CC[C@](C)(CCC)CC2)CC1. The van der Waals surface area contributed by atoms with E-state index in [1.54, 1.807) is 38.5 Å². The van der Waals surface area contributed by atoms with Crippen molar-refractivity contribution in [1.29, 1.82) is 0 Å². The smallest absolute Gasteiger partial charge is 0.0326 e. The van der Waals surface area contributed by atoms with E-state index in [0.717, 1.165) is 17.8 Å². The Morgan fingerprint density at radius 3 is 1.95 bits per heavy atom. The normalized spacial score (nSPS) is 36.4. The van der Waals surface area contributed by atoms with Crippen LogP contribution in [0, 0.1) is 23.2 Å². The molecule has 0 bridgehead atoms. The molecule has 2 aliphatic carbocycles. The highest BCUT2D eigenvalue weighted by Gasteiger charge is 2.34. The second-order valence-corrected chi connectivity index (χ2v) is 9.03. The third kappa shape index (κ3) is 5.57. The molecule has 0 saturated heterocycles. The number of unbranched alkanes of at least 4 members (excludes halogenated alkanes) is 3. The number of hydrogen-bond acceptors (Lipinski definition) is 0. The summed E-state index contributed by atoms with van der Waals surface area (Å²) in [7, 11) is 0. The molecule has 0 amide bonds. The van der Waals surface area contributed by atoms with Crippen LogP contribution in [-0.2, 0) is 0 Å². The Kier molecular flexibility index (Phi) is 7.78. The zero-order valence-electron chi connectivity index (χ0n) is 15.8. The quantitative estimate of drug-likeness (QED) is 0.402. The zero-order valence-corrected chi connectivity index (χ0v) is 15.8. The fourth-order valence-corrected chi connectivity index (χ4v) is 5.47. The molecule has 2 aliphatic rings. The van der Waals surface area contributed by atoms with E-state index in [1.165, 1.54) is 57.8 Å². The van der Waals surface area contributed by atoms with Gasteiger partial charge in [-0.25, -0.2) is 0 Å². The molecule has 0 heteroatoms. The average molecular weight is 307 g/mol. The Hall–Kier alpha value is 0. The lowest BCUT2D eigenvalue weighted by atomic mass is 9.64. The van der Waals surface area contributed by atoms with Crippen molar-refractivity contribution in [3.63, 3.8) is 0 Å². The van der Waals surface area contributed by atoms with Crippen LogP contribution >= 0.6 is 0 Å². The molecule has 2 rings (SSSR count). The van der Waals surface area contributed by atoms with Gasteiger partial charge in [0.25, 0.3) is 0 Å². The van der Waals surface area contributed by atoms with Crippen LogP contribution in [0.5, 0.6) is 0 Å². The van der Waals surface area contributed by atoms with Crippen molar-refractivity contribution in [2.75, 3.05) is 0 Å². The van der Waals surface area contributed by atoms with Crippen molar-refractivity contribution in [2.24, 2.45) is 23.2 Å². The highest BCUT2D eigenvalue weighted by Crippen LogP contribution is 2.47. The van der Waals surface area contributed by atoms with Gasteiger partial charge in [0, 0.05) is 0 Å². The lowest BCUT2D eigenvalue weighted by Gasteiger charge is -2.42. The predicted octanol–water partition coefficient (Wildman–Crippen LogP) is 7.76. The van der Waals surface area contributed by atoms with E-state index in [-0.39, 0.29) is 0 Å². The van der Waals surface area contributed by atoms with E-state index in [9.17, 15) is 0 Å². The summed E-state index contributed by atoms with van der Waals surface area (Å²) in [5, 5.41) is 0. The van der Waals surface area contributed by atoms with Gasteiger partial charge >= 0.3 is 0 Å². The van der Waals surface area contributed by atoms with Gasteiger partial charge in [-0.05, 0) is 68.1 Å². The monoisotopic (exact) mass is 306 g/mol. The Morgan fingerprint density at radius 1 is 0.727 bits per heavy atom. The van der Waals surface area contributed by atoms with Gasteiger partial charge in [-0.1, -0.05) is 72.1 Å². The molecule has 0 spiro atoms. The van der Waals surface area contributed by atoms with Crippen molar-refractivity contribution in [2.45, 2.75) is 117 Å². The summed E-state index contributed by atoms with van der Waals surface area (Å²) in [6, 6.07) is 0. The van der Waals surface area contributed by atoms with E-state index in [2.05, 4.69) is 20.8 Å². The van der Waals surface area contributed by atoms with E-state index in [0.29, 0.717) is 5.41 Å². The van der Waals surface area contributed by atoms with E-state index >= 15 is 0 Å². The van der Waals surface area contributed by atoms with Crippen LogP contribution in [0.25, 0.3) is 0 Å². The highest BCUT2D eigenvalue weighted by molar-refractivity contribution is 4.86. The molecule has 0 aromatic rings. The molecule has 0 N–H and O–H groups in total. The van der Waals surface area contributed by atoms with E-state index in [4.69, 9.17) is 0 Å². The van der Waals surface area contributed by atoms with Crippen LogP contribution in [0.4, 0.5) is 0 Å². The van der Waals surface area contributed by atoms with Crippen LogP contribution in [-0.4, -0.2) is 0 Å². The molecular formula is C22H42. The largest absolute Gasteiger partial charge is 0.0654 e. The second-order valence-electron chi connectivity index (χ2n) is 9.03. The molecule has 22 heavy (non-hydrogen) atoms. The molecule has 0 heterocycles. The van der Waals surface area contributed by atoms with Crippen molar-refractivity contribution < 1.29 is 0 Å². The van der Waals surface area contributed by atoms with Crippen LogP contribution in [0.15, 0.2) is 0 Å². The Labute approximate surface area is 140 Å². The first kappa shape index (κ1) is 18.3. The molecule has 0 unspecified atom stereocenters. The Balaban J connectivity index is 1.63. The topological polar surface area (TPSA) is 0 Å². The summed E-state index contributed by atoms with van der Waals surface area (Å²) < 4.78 is 0. The fraction of sp³-hybridized carbons (Fsp3) is 1.00. The first-order valence-corrected chi connectivity index (χ1v) is 10.7. The third-order valence-electron chi connectivity index (χ3n) is 7.11. The van der Waals surface area contributed by atoms with Gasteiger partial charge in [-0.3, -0.25) is 0 Å². The number of rotatable bonds is 8. The van der Waals surface area contributed by atoms with Crippen molar-refractivity contribution >= 4 is 0 Å². The molecule has 0 atom stereocenters. The molecule has 2 fully saturated rings. The van der Waals surface area contributed by atoms with E-state index < -0.39 is 0 Å². The molecular weight excluding hydrogens is 264 g/mol. The standard InChI is InChI=1S/C22H42/c1-4-6-7-8-9-19-10-12-20(13-11-19)21-14-17-22(3,16-5-2)18-15-21/h19-21H,4-18H2,1-3H3/t19?,20?,21-,22-. The predicted molar refractivity (Wildman–Crippen MR) is 99.2 cm³/mol. The summed E-state index contributed by atoms with van der Waals surface area (Å²) >= 11 is 0. The minimum Gasteiger partial charge on any atom is -0.0654 e. The first-order valence-electron chi connectivity index (χ1n) is 10.7. The molecule has 0 aromatic heterocycles. The van der Waals surface area contributed by atoms with Gasteiger partial charge in [0.1, 0.15) is 0 Å². The van der Waals surface area contributed by atoms with E-state index in [1.807, 2.05) is 0 Å². The summed E-state index contributed by atoms with van der Waals surface area (Å²) in [5.41, 5.74) is 0.696. The lowest BCUT2D eigenvalue weighted by Crippen LogP contribution is -2.30. The van der Waals surface area contributed by atoms with Gasteiger partial charge in [-0.2, -0.15) is 0 Å². The van der Waals surface area contributed by atoms with Gasteiger partial charge < -0.3 is 0 Å². The average Bonchev–Trinajstić information content (AvgIpc) is 2.53. The summed E-state index contributed by atoms with van der Waals surface area (Å²) in [5.74, 6) is 3.27. The maximum Gasteiger partial charge on any atom is -0.0326 e. The van der Waals surface area contributed by atoms with Gasteiger partial charge in [0.05, 0.1) is 0 Å². The van der Waals surface area contributed by atoms with Gasteiger partial charge in [0.15, 0.2) is 0 Å². The molecule has 130 valence electrons. The molecule has 0 aromatic carbocycles. The van der Waals surface area contributed by atoms with Crippen LogP contribution in [0.2, 0.25) is 0 Å². The van der Waals surface area contributed by atoms with Crippen molar-refractivity contribution in [3.05, 3.63) is 0 Å². The maximum absolute atomic E-state index is 2.56. The Morgan fingerprint density at radius 2 is 1.36 bits per heavy atom. The first-order chi connectivity index (χ1) is 10.7. The highest BCUT2D eigenvalue weighted by atomic mass is 14.4. The molecule has 0 radical (unpaired) electrons. The molecule has 0 nitrogen and oxygen atoms in total. The van der Waals surface area contributed by atoms with Crippen molar-refractivity contribution in [3.8, 4) is 0 Å². The van der Waals surface area contributed by atoms with Gasteiger partial charge in [-0.15, -0.1) is 0 Å². The minimum atomic E-state index is 0.696. The zero-order chi connectivity index (χ0) is 15.8. The fourth-order valence-electron chi connectivity index (χ4n) is 5.47. The second kappa shape index (κ2) is 9.33. The number of hydrogen-bond donors (Lipinski definition) is 0. The van der Waals surface area contributed by atoms with Crippen LogP contribution in [0.3, 0.4) is 0 Å². The summed E-state index contributed by atoms with van der Waals surface area (Å²) in [6.45, 7) is 7.24. The van der Waals surface area contributed by atoms with Crippen LogP contribution in [0.1, 0.15) is 117 Å². The minimum absolute atomic E-state index is 0.696. The Bertz CT molecular complexity index is 276. The molecule has 0 aliphatic heterocycles. The van der Waals surface area contributed by atoms with Gasteiger partial charge in [0.2, 0.25) is 0 Å². The van der Waals surface area contributed by atoms with Crippen molar-refractivity contribution in [1.82, 2.24) is 0 Å². The lowest BCUT2D eigenvalue weighted by molar-refractivity contribution is 0.0963. The molecule has 2 saturated carbocycles. The maximum atomic E-state index is 2.56. The summed E-state index contributed by atoms with van der Waals surface area (Å²) in [4.78, 5) is 0.